The number of anilines is 2. The number of hydrogen-bond donors (Lipinski definition) is 2. The normalized spacial score (nSPS) is 10.3. The predicted octanol–water partition coefficient (Wildman–Crippen LogP) is 3.93. The number of para-hydroxylation sites is 1. The summed E-state index contributed by atoms with van der Waals surface area (Å²) in [5.41, 5.74) is 3.57. The van der Waals surface area contributed by atoms with Crippen molar-refractivity contribution in [2.45, 2.75) is 19.9 Å². The van der Waals surface area contributed by atoms with Crippen LogP contribution in [0.3, 0.4) is 0 Å². The highest BCUT2D eigenvalue weighted by atomic mass is 14.9. The van der Waals surface area contributed by atoms with Crippen molar-refractivity contribution >= 4 is 11.4 Å². The maximum atomic E-state index is 3.40. The van der Waals surface area contributed by atoms with E-state index in [1.54, 1.807) is 0 Å². The first-order valence-electron chi connectivity index (χ1n) is 6.50. The molecule has 0 aliphatic carbocycles. The van der Waals surface area contributed by atoms with E-state index in [9.17, 15) is 0 Å². The lowest BCUT2D eigenvalue weighted by Gasteiger charge is -2.08. The zero-order valence-electron chi connectivity index (χ0n) is 10.8. The van der Waals surface area contributed by atoms with Gasteiger partial charge in [0.25, 0.3) is 0 Å². The number of benzene rings is 2. The smallest absolute Gasteiger partial charge is 0.0384 e. The van der Waals surface area contributed by atoms with Crippen molar-refractivity contribution in [3.05, 3.63) is 60.2 Å². The SMILES string of the molecule is CCCNCc1ccc(Nc2ccccc2)cc1. The van der Waals surface area contributed by atoms with Crippen LogP contribution in [0.4, 0.5) is 11.4 Å². The quantitative estimate of drug-likeness (QED) is 0.748. The minimum Gasteiger partial charge on any atom is -0.356 e. The van der Waals surface area contributed by atoms with E-state index < -0.39 is 0 Å². The molecule has 2 nitrogen and oxygen atoms in total. The summed E-state index contributed by atoms with van der Waals surface area (Å²) in [6, 6.07) is 18.8. The first kappa shape index (κ1) is 12.7. The number of rotatable bonds is 6. The second-order valence-corrected chi connectivity index (χ2v) is 4.36. The Bertz CT molecular complexity index is 448. The fourth-order valence-corrected chi connectivity index (χ4v) is 1.80. The van der Waals surface area contributed by atoms with Gasteiger partial charge in [0.2, 0.25) is 0 Å². The van der Waals surface area contributed by atoms with E-state index in [0.29, 0.717) is 0 Å². The molecule has 2 aromatic rings. The predicted molar refractivity (Wildman–Crippen MR) is 78.2 cm³/mol. The number of nitrogens with one attached hydrogen (secondary N) is 2. The molecule has 0 saturated heterocycles. The third kappa shape index (κ3) is 3.90. The summed E-state index contributed by atoms with van der Waals surface area (Å²) in [4.78, 5) is 0. The average Bonchev–Trinajstić information content (AvgIpc) is 2.42. The van der Waals surface area contributed by atoms with E-state index in [1.165, 1.54) is 12.0 Å². The van der Waals surface area contributed by atoms with Gasteiger partial charge >= 0.3 is 0 Å². The van der Waals surface area contributed by atoms with E-state index in [1.807, 2.05) is 18.2 Å². The van der Waals surface area contributed by atoms with E-state index in [4.69, 9.17) is 0 Å². The van der Waals surface area contributed by atoms with E-state index in [2.05, 4.69) is 54.0 Å². The number of hydrogen-bond acceptors (Lipinski definition) is 2. The molecule has 0 aliphatic heterocycles. The maximum absolute atomic E-state index is 3.40. The van der Waals surface area contributed by atoms with Crippen molar-refractivity contribution in [3.8, 4) is 0 Å². The lowest BCUT2D eigenvalue weighted by Crippen LogP contribution is -2.13. The molecular formula is C16H20N2. The lowest BCUT2D eigenvalue weighted by molar-refractivity contribution is 0.675. The Morgan fingerprint density at radius 1 is 0.833 bits per heavy atom. The molecule has 2 heteroatoms. The van der Waals surface area contributed by atoms with Crippen LogP contribution in [0.5, 0.6) is 0 Å². The van der Waals surface area contributed by atoms with E-state index in [0.717, 1.165) is 24.5 Å². The van der Waals surface area contributed by atoms with Gasteiger partial charge in [0.05, 0.1) is 0 Å². The van der Waals surface area contributed by atoms with Crippen LogP contribution in [-0.2, 0) is 6.54 Å². The van der Waals surface area contributed by atoms with Gasteiger partial charge in [0.1, 0.15) is 0 Å². The lowest BCUT2D eigenvalue weighted by atomic mass is 10.2. The molecule has 2 N–H and O–H groups in total. The van der Waals surface area contributed by atoms with Crippen LogP contribution in [0.1, 0.15) is 18.9 Å². The summed E-state index contributed by atoms with van der Waals surface area (Å²) in [5.74, 6) is 0. The van der Waals surface area contributed by atoms with Gasteiger partial charge in [0.15, 0.2) is 0 Å². The summed E-state index contributed by atoms with van der Waals surface area (Å²) >= 11 is 0. The molecule has 0 amide bonds. The Balaban J connectivity index is 1.91. The topological polar surface area (TPSA) is 24.1 Å². The molecule has 2 rings (SSSR count). The van der Waals surface area contributed by atoms with E-state index >= 15 is 0 Å². The Kier molecular flexibility index (Phi) is 4.79. The Morgan fingerprint density at radius 3 is 2.17 bits per heavy atom. The van der Waals surface area contributed by atoms with Crippen LogP contribution in [0, 0.1) is 0 Å². The highest BCUT2D eigenvalue weighted by molar-refractivity contribution is 5.59. The van der Waals surface area contributed by atoms with Gasteiger partial charge in [-0.3, -0.25) is 0 Å². The third-order valence-electron chi connectivity index (χ3n) is 2.77. The molecule has 0 saturated carbocycles. The maximum Gasteiger partial charge on any atom is 0.0384 e. The first-order valence-corrected chi connectivity index (χ1v) is 6.50. The van der Waals surface area contributed by atoms with Crippen molar-refractivity contribution < 1.29 is 0 Å². The van der Waals surface area contributed by atoms with Crippen molar-refractivity contribution in [1.29, 1.82) is 0 Å². The van der Waals surface area contributed by atoms with Crippen molar-refractivity contribution in [2.75, 3.05) is 11.9 Å². The van der Waals surface area contributed by atoms with Crippen molar-refractivity contribution in [1.82, 2.24) is 5.32 Å². The minimum absolute atomic E-state index is 0.944. The summed E-state index contributed by atoms with van der Waals surface area (Å²) in [6.45, 7) is 4.20. The van der Waals surface area contributed by atoms with Gasteiger partial charge in [-0.15, -0.1) is 0 Å². The molecule has 0 spiro atoms. The molecule has 0 aliphatic rings. The minimum atomic E-state index is 0.944. The second kappa shape index (κ2) is 6.82. The monoisotopic (exact) mass is 240 g/mol. The standard InChI is InChI=1S/C16H20N2/c1-2-12-17-13-14-8-10-16(11-9-14)18-15-6-4-3-5-7-15/h3-11,17-18H,2,12-13H2,1H3. The zero-order chi connectivity index (χ0) is 12.6. The molecule has 2 aromatic carbocycles. The van der Waals surface area contributed by atoms with Gasteiger partial charge in [-0.2, -0.15) is 0 Å². The van der Waals surface area contributed by atoms with Crippen LogP contribution in [-0.4, -0.2) is 6.54 Å². The van der Waals surface area contributed by atoms with Gasteiger partial charge in [0, 0.05) is 17.9 Å². The third-order valence-corrected chi connectivity index (χ3v) is 2.77. The molecule has 0 aromatic heterocycles. The molecule has 0 atom stereocenters. The Morgan fingerprint density at radius 2 is 1.50 bits per heavy atom. The Labute approximate surface area is 109 Å². The van der Waals surface area contributed by atoms with E-state index in [-0.39, 0.29) is 0 Å². The van der Waals surface area contributed by atoms with Gasteiger partial charge in [-0.1, -0.05) is 37.3 Å². The van der Waals surface area contributed by atoms with Crippen LogP contribution in [0.15, 0.2) is 54.6 Å². The summed E-state index contributed by atoms with van der Waals surface area (Å²) < 4.78 is 0. The molecule has 0 radical (unpaired) electrons. The molecule has 0 fully saturated rings. The van der Waals surface area contributed by atoms with Crippen LogP contribution >= 0.6 is 0 Å². The summed E-state index contributed by atoms with van der Waals surface area (Å²) in [5, 5.41) is 6.78. The fourth-order valence-electron chi connectivity index (χ4n) is 1.80. The molecular weight excluding hydrogens is 220 g/mol. The summed E-state index contributed by atoms with van der Waals surface area (Å²) in [6.07, 6.45) is 1.17. The second-order valence-electron chi connectivity index (χ2n) is 4.36. The van der Waals surface area contributed by atoms with Crippen molar-refractivity contribution in [2.24, 2.45) is 0 Å². The van der Waals surface area contributed by atoms with Crippen LogP contribution in [0.25, 0.3) is 0 Å². The van der Waals surface area contributed by atoms with Gasteiger partial charge in [-0.05, 0) is 42.8 Å². The van der Waals surface area contributed by atoms with Gasteiger partial charge < -0.3 is 10.6 Å². The molecule has 0 bridgehead atoms. The average molecular weight is 240 g/mol. The van der Waals surface area contributed by atoms with Crippen LogP contribution < -0.4 is 10.6 Å². The molecule has 0 heterocycles. The first-order chi connectivity index (χ1) is 8.88. The largest absolute Gasteiger partial charge is 0.356 e. The highest BCUT2D eigenvalue weighted by Crippen LogP contribution is 2.16. The fraction of sp³-hybridized carbons (Fsp3) is 0.250. The molecule has 94 valence electrons. The molecule has 0 unspecified atom stereocenters. The molecule has 18 heavy (non-hydrogen) atoms. The summed E-state index contributed by atoms with van der Waals surface area (Å²) in [7, 11) is 0. The van der Waals surface area contributed by atoms with Gasteiger partial charge in [-0.25, -0.2) is 0 Å². The highest BCUT2D eigenvalue weighted by Gasteiger charge is 1.95. The Hall–Kier alpha value is -1.80. The zero-order valence-corrected chi connectivity index (χ0v) is 10.8. The van der Waals surface area contributed by atoms with Crippen LogP contribution in [0.2, 0.25) is 0 Å². The van der Waals surface area contributed by atoms with Crippen molar-refractivity contribution in [3.63, 3.8) is 0 Å².